The number of carbonyl (C=O) groups is 1. The number of hydrogen-bond acceptors (Lipinski definition) is 4. The Morgan fingerprint density at radius 3 is 2.33 bits per heavy atom. The lowest BCUT2D eigenvalue weighted by Crippen LogP contribution is -2.35. The molecule has 0 aliphatic carbocycles. The summed E-state index contributed by atoms with van der Waals surface area (Å²) in [5, 5.41) is 0.306. The second-order valence-corrected chi connectivity index (χ2v) is 10.2. The van der Waals surface area contributed by atoms with Crippen LogP contribution in [0.4, 0.5) is 0 Å². The molecule has 2 aromatic carbocycles. The third kappa shape index (κ3) is 4.77. The van der Waals surface area contributed by atoms with Crippen LogP contribution in [0, 0.1) is 0 Å². The van der Waals surface area contributed by atoms with Gasteiger partial charge in [-0.2, -0.15) is 4.31 Å². The number of hydrogen-bond donors (Lipinski definition) is 0. The zero-order chi connectivity index (χ0) is 21.9. The van der Waals surface area contributed by atoms with E-state index >= 15 is 0 Å². The maximum atomic E-state index is 13.0. The van der Waals surface area contributed by atoms with Crippen molar-refractivity contribution >= 4 is 33.2 Å². The lowest BCUT2D eigenvalue weighted by molar-refractivity contribution is 0.0483. The number of ketones is 1. The normalized spacial score (nSPS) is 15.6. The summed E-state index contributed by atoms with van der Waals surface area (Å²) in [6.45, 7) is 8.23. The van der Waals surface area contributed by atoms with E-state index in [1.54, 1.807) is 38.1 Å². The maximum Gasteiger partial charge on any atom is 0.243 e. The number of sulfonamides is 1. The van der Waals surface area contributed by atoms with Crippen molar-refractivity contribution in [1.29, 1.82) is 0 Å². The van der Waals surface area contributed by atoms with E-state index in [1.165, 1.54) is 22.5 Å². The molecular formula is C23H26ClNO4S. The molecule has 1 fully saturated rings. The Hall–Kier alpha value is -2.15. The molecular weight excluding hydrogens is 422 g/mol. The van der Waals surface area contributed by atoms with Gasteiger partial charge in [-0.05, 0) is 44.9 Å². The van der Waals surface area contributed by atoms with Crippen molar-refractivity contribution < 1.29 is 17.9 Å². The molecule has 0 unspecified atom stereocenters. The molecule has 0 spiro atoms. The van der Waals surface area contributed by atoms with Crippen molar-refractivity contribution in [1.82, 2.24) is 4.31 Å². The Morgan fingerprint density at radius 1 is 1.07 bits per heavy atom. The van der Waals surface area contributed by atoms with Crippen LogP contribution < -0.4 is 0 Å². The van der Waals surface area contributed by atoms with E-state index in [0.29, 0.717) is 29.2 Å². The molecule has 0 radical (unpaired) electrons. The zero-order valence-corrected chi connectivity index (χ0v) is 18.8. The van der Waals surface area contributed by atoms with E-state index in [9.17, 15) is 13.2 Å². The highest BCUT2D eigenvalue weighted by atomic mass is 35.5. The van der Waals surface area contributed by atoms with Gasteiger partial charge in [-0.3, -0.25) is 4.79 Å². The van der Waals surface area contributed by atoms with Crippen LogP contribution in [0.3, 0.4) is 0 Å². The van der Waals surface area contributed by atoms with Gasteiger partial charge in [0.25, 0.3) is 0 Å². The topological polar surface area (TPSA) is 63.7 Å². The monoisotopic (exact) mass is 447 g/mol. The smallest absolute Gasteiger partial charge is 0.243 e. The first kappa shape index (κ1) is 22.5. The Morgan fingerprint density at radius 2 is 1.70 bits per heavy atom. The molecule has 2 aromatic rings. The van der Waals surface area contributed by atoms with Crippen molar-refractivity contribution in [3.63, 3.8) is 0 Å². The van der Waals surface area contributed by atoms with E-state index in [2.05, 4.69) is 6.58 Å². The Labute approximate surface area is 183 Å². The fourth-order valence-corrected chi connectivity index (χ4v) is 5.25. The number of nitrogens with zero attached hydrogens (tertiary/aromatic N) is 1. The van der Waals surface area contributed by atoms with Crippen molar-refractivity contribution in [2.24, 2.45) is 0 Å². The molecule has 1 aliphatic rings. The molecule has 0 aromatic heterocycles. The van der Waals surface area contributed by atoms with Crippen molar-refractivity contribution in [3.05, 3.63) is 71.3 Å². The van der Waals surface area contributed by atoms with E-state index in [0.717, 1.165) is 19.3 Å². The second kappa shape index (κ2) is 8.92. The van der Waals surface area contributed by atoms with Gasteiger partial charge in [0.05, 0.1) is 9.92 Å². The average Bonchev–Trinajstić information content (AvgIpc) is 2.74. The Kier molecular flexibility index (Phi) is 6.70. The van der Waals surface area contributed by atoms with Crippen LogP contribution in [0.2, 0.25) is 5.02 Å². The van der Waals surface area contributed by atoms with Crippen molar-refractivity contribution in [2.75, 3.05) is 13.1 Å². The van der Waals surface area contributed by atoms with Gasteiger partial charge in [0.2, 0.25) is 15.8 Å². The third-order valence-corrected chi connectivity index (χ3v) is 7.38. The number of ether oxygens (including phenoxy) is 1. The largest absolute Gasteiger partial charge is 0.480 e. The highest BCUT2D eigenvalue weighted by Gasteiger charge is 2.32. The van der Waals surface area contributed by atoms with Gasteiger partial charge < -0.3 is 4.74 Å². The molecule has 0 bridgehead atoms. The summed E-state index contributed by atoms with van der Waals surface area (Å²) < 4.78 is 33.4. The summed E-state index contributed by atoms with van der Waals surface area (Å²) in [7, 11) is -3.63. The summed E-state index contributed by atoms with van der Waals surface area (Å²) in [4.78, 5) is 13.0. The first-order chi connectivity index (χ1) is 14.1. The number of Topliss-reactive ketones (excluding diaryl/α,β-unsaturated/α-hetero) is 1. The van der Waals surface area contributed by atoms with Crippen molar-refractivity contribution in [2.45, 2.75) is 43.6 Å². The van der Waals surface area contributed by atoms with Crippen LogP contribution in [0.5, 0.6) is 0 Å². The first-order valence-electron chi connectivity index (χ1n) is 9.91. The number of halogens is 1. The molecule has 3 rings (SSSR count). The highest BCUT2D eigenvalue weighted by Crippen LogP contribution is 2.32. The minimum absolute atomic E-state index is 0.140. The number of rotatable bonds is 7. The summed E-state index contributed by atoms with van der Waals surface area (Å²) in [6.07, 6.45) is 2.74. The van der Waals surface area contributed by atoms with Crippen LogP contribution in [0.15, 0.2) is 60.0 Å². The van der Waals surface area contributed by atoms with E-state index in [1.807, 2.05) is 6.07 Å². The highest BCUT2D eigenvalue weighted by molar-refractivity contribution is 7.89. The van der Waals surface area contributed by atoms with Crippen LogP contribution in [-0.2, 0) is 14.8 Å². The Bertz CT molecular complexity index is 1040. The van der Waals surface area contributed by atoms with E-state index < -0.39 is 15.6 Å². The number of carbonyl (C=O) groups excluding carboxylic acids is 1. The quantitative estimate of drug-likeness (QED) is 0.434. The molecule has 30 heavy (non-hydrogen) atoms. The minimum atomic E-state index is -3.63. The average molecular weight is 448 g/mol. The maximum absolute atomic E-state index is 13.0. The molecule has 0 N–H and O–H groups in total. The minimum Gasteiger partial charge on any atom is -0.480 e. The van der Waals surface area contributed by atoms with Crippen LogP contribution in [0.1, 0.15) is 49.0 Å². The molecule has 0 saturated carbocycles. The van der Waals surface area contributed by atoms with Gasteiger partial charge >= 0.3 is 0 Å². The molecule has 1 heterocycles. The van der Waals surface area contributed by atoms with E-state index in [-0.39, 0.29) is 16.4 Å². The number of benzene rings is 2. The Balaban J connectivity index is 1.85. The number of piperidine rings is 1. The fraction of sp³-hybridized carbons (Fsp3) is 0.348. The molecule has 7 heteroatoms. The van der Waals surface area contributed by atoms with Crippen LogP contribution >= 0.6 is 11.6 Å². The van der Waals surface area contributed by atoms with Gasteiger partial charge in [-0.15, -0.1) is 0 Å². The first-order valence-corrected chi connectivity index (χ1v) is 11.7. The standard InChI is InChI=1S/C23H26ClNO4S/c1-17(29-23(2,3)22(26)18-10-6-4-7-11-18)20-16-19(12-13-21(20)24)30(27,28)25-14-8-5-9-15-25/h4,6-7,10-13,16H,1,5,8-9,14-15H2,2-3H3. The molecule has 1 aliphatic heterocycles. The lowest BCUT2D eigenvalue weighted by Gasteiger charge is -2.28. The lowest BCUT2D eigenvalue weighted by atomic mass is 9.96. The van der Waals surface area contributed by atoms with Crippen molar-refractivity contribution in [3.8, 4) is 0 Å². The molecule has 1 saturated heterocycles. The summed E-state index contributed by atoms with van der Waals surface area (Å²) in [5.41, 5.74) is -0.338. The summed E-state index contributed by atoms with van der Waals surface area (Å²) in [6, 6.07) is 13.3. The molecule has 160 valence electrons. The summed E-state index contributed by atoms with van der Waals surface area (Å²) in [5.74, 6) is -0.0672. The van der Waals surface area contributed by atoms with Gasteiger partial charge in [-0.25, -0.2) is 8.42 Å². The predicted molar refractivity (Wildman–Crippen MR) is 119 cm³/mol. The van der Waals surface area contributed by atoms with Crippen LogP contribution in [0.25, 0.3) is 5.76 Å². The predicted octanol–water partition coefficient (Wildman–Crippen LogP) is 5.16. The van der Waals surface area contributed by atoms with Gasteiger partial charge in [0.15, 0.2) is 5.60 Å². The SMILES string of the molecule is C=C(OC(C)(C)C(=O)c1ccccc1)c1cc(S(=O)(=O)N2CCCCC2)ccc1Cl. The van der Waals surface area contributed by atoms with Gasteiger partial charge in [-0.1, -0.05) is 54.9 Å². The third-order valence-electron chi connectivity index (χ3n) is 5.15. The summed E-state index contributed by atoms with van der Waals surface area (Å²) >= 11 is 6.32. The molecule has 5 nitrogen and oxygen atoms in total. The zero-order valence-electron chi connectivity index (χ0n) is 17.2. The second-order valence-electron chi connectivity index (χ2n) is 7.84. The molecule has 0 atom stereocenters. The van der Waals surface area contributed by atoms with Gasteiger partial charge in [0.1, 0.15) is 5.76 Å². The van der Waals surface area contributed by atoms with E-state index in [4.69, 9.17) is 16.3 Å². The molecule has 0 amide bonds. The van der Waals surface area contributed by atoms with Crippen LogP contribution in [-0.4, -0.2) is 37.2 Å². The fourth-order valence-electron chi connectivity index (χ4n) is 3.48. The van der Waals surface area contributed by atoms with Gasteiger partial charge in [0, 0.05) is 24.2 Å².